The minimum Gasteiger partial charge on any atom is -0.327 e. The fraction of sp³-hybridized carbons (Fsp3) is 0.111. The van der Waals surface area contributed by atoms with Gasteiger partial charge in [-0.25, -0.2) is 9.18 Å². The first-order chi connectivity index (χ1) is 12.8. The van der Waals surface area contributed by atoms with Gasteiger partial charge in [0.05, 0.1) is 16.5 Å². The molecule has 0 unspecified atom stereocenters. The SMILES string of the molecule is CC1=C(C(=O)Nc2ccc(F)cc2)[C@H](c2cccc([N+](=O)[O-])c2)NC(=O)N1. The van der Waals surface area contributed by atoms with Crippen LogP contribution in [-0.4, -0.2) is 16.9 Å². The fourth-order valence-corrected chi connectivity index (χ4v) is 2.79. The third kappa shape index (κ3) is 3.92. The highest BCUT2D eigenvalue weighted by molar-refractivity contribution is 6.06. The second-order valence-corrected chi connectivity index (χ2v) is 5.88. The molecule has 0 saturated heterocycles. The molecule has 8 nitrogen and oxygen atoms in total. The predicted molar refractivity (Wildman–Crippen MR) is 95.2 cm³/mol. The van der Waals surface area contributed by atoms with E-state index in [1.807, 2.05) is 0 Å². The molecule has 27 heavy (non-hydrogen) atoms. The van der Waals surface area contributed by atoms with Gasteiger partial charge in [-0.05, 0) is 36.8 Å². The van der Waals surface area contributed by atoms with Gasteiger partial charge in [-0.2, -0.15) is 0 Å². The minimum absolute atomic E-state index is 0.156. The summed E-state index contributed by atoms with van der Waals surface area (Å²) in [6.45, 7) is 1.56. The highest BCUT2D eigenvalue weighted by Gasteiger charge is 2.32. The molecular weight excluding hydrogens is 355 g/mol. The molecule has 0 bridgehead atoms. The molecule has 1 aliphatic heterocycles. The van der Waals surface area contributed by atoms with Crippen LogP contribution in [0.25, 0.3) is 0 Å². The number of nitro benzene ring substituents is 1. The molecule has 138 valence electrons. The molecule has 1 aliphatic rings. The summed E-state index contributed by atoms with van der Waals surface area (Å²) in [6.07, 6.45) is 0. The van der Waals surface area contributed by atoms with Gasteiger partial charge in [0, 0.05) is 23.5 Å². The fourth-order valence-electron chi connectivity index (χ4n) is 2.79. The van der Waals surface area contributed by atoms with Crippen molar-refractivity contribution in [1.82, 2.24) is 10.6 Å². The van der Waals surface area contributed by atoms with Gasteiger partial charge in [-0.1, -0.05) is 12.1 Å². The molecule has 0 fully saturated rings. The van der Waals surface area contributed by atoms with Crippen molar-refractivity contribution in [3.8, 4) is 0 Å². The number of nitrogens with one attached hydrogen (secondary N) is 3. The summed E-state index contributed by atoms with van der Waals surface area (Å²) in [5.74, 6) is -0.965. The summed E-state index contributed by atoms with van der Waals surface area (Å²) >= 11 is 0. The molecule has 3 rings (SSSR count). The molecule has 0 spiro atoms. The summed E-state index contributed by atoms with van der Waals surface area (Å²) < 4.78 is 13.0. The largest absolute Gasteiger partial charge is 0.327 e. The van der Waals surface area contributed by atoms with Crippen molar-refractivity contribution in [2.45, 2.75) is 13.0 Å². The molecule has 0 aromatic heterocycles. The highest BCUT2D eigenvalue weighted by atomic mass is 19.1. The van der Waals surface area contributed by atoms with Gasteiger partial charge in [0.2, 0.25) is 0 Å². The van der Waals surface area contributed by atoms with Gasteiger partial charge in [0.15, 0.2) is 0 Å². The zero-order chi connectivity index (χ0) is 19.6. The van der Waals surface area contributed by atoms with Crippen LogP contribution in [0.1, 0.15) is 18.5 Å². The molecule has 3 N–H and O–H groups in total. The molecular formula is C18H15FN4O4. The lowest BCUT2D eigenvalue weighted by molar-refractivity contribution is -0.384. The number of non-ortho nitro benzene ring substituents is 1. The number of carbonyl (C=O) groups excluding carboxylic acids is 2. The average Bonchev–Trinajstić information content (AvgIpc) is 2.63. The summed E-state index contributed by atoms with van der Waals surface area (Å²) in [6, 6.07) is 9.50. The van der Waals surface area contributed by atoms with Crippen molar-refractivity contribution in [1.29, 1.82) is 0 Å². The van der Waals surface area contributed by atoms with Crippen LogP contribution >= 0.6 is 0 Å². The molecule has 2 aromatic carbocycles. The molecule has 0 saturated carbocycles. The maximum Gasteiger partial charge on any atom is 0.319 e. The number of halogens is 1. The van der Waals surface area contributed by atoms with Crippen LogP contribution in [0.5, 0.6) is 0 Å². The van der Waals surface area contributed by atoms with Gasteiger partial charge in [-0.3, -0.25) is 14.9 Å². The maximum atomic E-state index is 13.0. The van der Waals surface area contributed by atoms with Crippen molar-refractivity contribution in [2.75, 3.05) is 5.32 Å². The Morgan fingerprint density at radius 2 is 1.93 bits per heavy atom. The first-order valence-electron chi connectivity index (χ1n) is 7.94. The van der Waals surface area contributed by atoms with Crippen molar-refractivity contribution in [2.24, 2.45) is 0 Å². The van der Waals surface area contributed by atoms with Gasteiger partial charge >= 0.3 is 6.03 Å². The molecule has 0 aliphatic carbocycles. The Bertz CT molecular complexity index is 956. The van der Waals surface area contributed by atoms with Crippen molar-refractivity contribution in [3.63, 3.8) is 0 Å². The van der Waals surface area contributed by atoms with Crippen LogP contribution in [0, 0.1) is 15.9 Å². The molecule has 0 radical (unpaired) electrons. The highest BCUT2D eigenvalue weighted by Crippen LogP contribution is 2.29. The Labute approximate surface area is 153 Å². The van der Waals surface area contributed by atoms with Gasteiger partial charge in [-0.15, -0.1) is 0 Å². The third-order valence-corrected chi connectivity index (χ3v) is 4.03. The molecule has 9 heteroatoms. The zero-order valence-electron chi connectivity index (χ0n) is 14.2. The normalized spacial score (nSPS) is 16.4. The summed E-state index contributed by atoms with van der Waals surface area (Å²) in [5, 5.41) is 18.8. The first-order valence-corrected chi connectivity index (χ1v) is 7.94. The quantitative estimate of drug-likeness (QED) is 0.567. The van der Waals surface area contributed by atoms with E-state index in [0.717, 1.165) is 0 Å². The zero-order valence-corrected chi connectivity index (χ0v) is 14.2. The summed E-state index contributed by atoms with van der Waals surface area (Å²) in [4.78, 5) is 35.1. The lowest BCUT2D eigenvalue weighted by Crippen LogP contribution is -2.46. The van der Waals surface area contributed by atoms with E-state index in [1.165, 1.54) is 42.5 Å². The van der Waals surface area contributed by atoms with Crippen LogP contribution in [0.3, 0.4) is 0 Å². The van der Waals surface area contributed by atoms with Crippen LogP contribution in [0.4, 0.5) is 20.6 Å². The minimum atomic E-state index is -0.876. The van der Waals surface area contributed by atoms with E-state index in [4.69, 9.17) is 0 Å². The Kier molecular flexibility index (Phi) is 4.84. The standard InChI is InChI=1S/C18H15FN4O4/c1-10-15(17(24)21-13-7-5-12(19)6-8-13)16(22-18(25)20-10)11-3-2-4-14(9-11)23(26)27/h2-9,16H,1H3,(H,21,24)(H2,20,22,25)/t16-/m0/s1. The lowest BCUT2D eigenvalue weighted by atomic mass is 9.94. The number of allylic oxidation sites excluding steroid dienone is 1. The van der Waals surface area contributed by atoms with E-state index in [0.29, 0.717) is 16.9 Å². The first kappa shape index (κ1) is 18.1. The van der Waals surface area contributed by atoms with E-state index >= 15 is 0 Å². The van der Waals surface area contributed by atoms with Gasteiger partial charge in [0.25, 0.3) is 11.6 Å². The van der Waals surface area contributed by atoms with Gasteiger partial charge in [0.1, 0.15) is 5.82 Å². The number of hydrogen-bond donors (Lipinski definition) is 3. The number of benzene rings is 2. The molecule has 1 atom stereocenters. The summed E-state index contributed by atoms with van der Waals surface area (Å²) in [7, 11) is 0. The topological polar surface area (TPSA) is 113 Å². The number of carbonyl (C=O) groups is 2. The number of amides is 3. The van der Waals surface area contributed by atoms with Crippen molar-refractivity contribution in [3.05, 3.63) is 81.3 Å². The number of nitrogens with zero attached hydrogens (tertiary/aromatic N) is 1. The van der Waals surface area contributed by atoms with E-state index in [-0.39, 0.29) is 11.3 Å². The van der Waals surface area contributed by atoms with Crippen LogP contribution < -0.4 is 16.0 Å². The maximum absolute atomic E-state index is 13.0. The molecule has 3 amide bonds. The average molecular weight is 370 g/mol. The summed E-state index contributed by atoms with van der Waals surface area (Å²) in [5.41, 5.74) is 1.12. The third-order valence-electron chi connectivity index (χ3n) is 4.03. The second-order valence-electron chi connectivity index (χ2n) is 5.88. The number of urea groups is 1. The van der Waals surface area contributed by atoms with E-state index < -0.39 is 28.7 Å². The van der Waals surface area contributed by atoms with Crippen LogP contribution in [0.15, 0.2) is 59.8 Å². The van der Waals surface area contributed by atoms with E-state index in [9.17, 15) is 24.1 Å². The van der Waals surface area contributed by atoms with Crippen LogP contribution in [-0.2, 0) is 4.79 Å². The van der Waals surface area contributed by atoms with Gasteiger partial charge < -0.3 is 16.0 Å². The van der Waals surface area contributed by atoms with Crippen molar-refractivity contribution >= 4 is 23.3 Å². The smallest absolute Gasteiger partial charge is 0.319 e. The second kappa shape index (κ2) is 7.24. The van der Waals surface area contributed by atoms with E-state index in [2.05, 4.69) is 16.0 Å². The lowest BCUT2D eigenvalue weighted by Gasteiger charge is -2.28. The Morgan fingerprint density at radius 1 is 1.22 bits per heavy atom. The van der Waals surface area contributed by atoms with E-state index in [1.54, 1.807) is 13.0 Å². The number of hydrogen-bond acceptors (Lipinski definition) is 4. The molecule has 2 aromatic rings. The van der Waals surface area contributed by atoms with Crippen LogP contribution in [0.2, 0.25) is 0 Å². The monoisotopic (exact) mass is 370 g/mol. The predicted octanol–water partition coefficient (Wildman–Crippen LogP) is 3.00. The Balaban J connectivity index is 1.96. The Hall–Kier alpha value is -3.75. The number of nitro groups is 1. The van der Waals surface area contributed by atoms with Crippen molar-refractivity contribution < 1.29 is 18.9 Å². The molecule has 1 heterocycles. The Morgan fingerprint density at radius 3 is 2.59 bits per heavy atom. The number of anilines is 1. The number of rotatable bonds is 4.